The van der Waals surface area contributed by atoms with E-state index in [9.17, 15) is 9.59 Å². The summed E-state index contributed by atoms with van der Waals surface area (Å²) in [7, 11) is 2.47. The highest BCUT2D eigenvalue weighted by Crippen LogP contribution is 2.17. The zero-order valence-corrected chi connectivity index (χ0v) is 9.31. The number of aromatic amines is 1. The predicted molar refractivity (Wildman–Crippen MR) is 58.8 cm³/mol. The van der Waals surface area contributed by atoms with Crippen LogP contribution in [0.2, 0.25) is 0 Å². The summed E-state index contributed by atoms with van der Waals surface area (Å²) in [4.78, 5) is 29.9. The van der Waals surface area contributed by atoms with Gasteiger partial charge in [0.15, 0.2) is 5.69 Å². The van der Waals surface area contributed by atoms with E-state index >= 15 is 0 Å². The molecule has 2 aromatic heterocycles. The van der Waals surface area contributed by atoms with Gasteiger partial charge in [-0.05, 0) is 12.1 Å². The van der Waals surface area contributed by atoms with Crippen molar-refractivity contribution in [3.8, 4) is 0 Å². The Bertz CT molecular complexity index is 538. The van der Waals surface area contributed by atoms with Crippen molar-refractivity contribution in [2.45, 2.75) is 0 Å². The van der Waals surface area contributed by atoms with Crippen molar-refractivity contribution in [1.29, 1.82) is 0 Å². The quantitative estimate of drug-likeness (QED) is 0.788. The number of nitrogens with one attached hydrogen (secondary N) is 1. The maximum Gasteiger partial charge on any atom is 0.357 e. The first-order valence-corrected chi connectivity index (χ1v) is 4.82. The van der Waals surface area contributed by atoms with E-state index < -0.39 is 11.9 Å². The maximum absolute atomic E-state index is 11.5. The SMILES string of the molecule is COC(=O)c1cc2cc[nH]c2nc1C(=O)OC. The van der Waals surface area contributed by atoms with Gasteiger partial charge in [-0.25, -0.2) is 14.6 Å². The number of esters is 2. The first kappa shape index (κ1) is 11.1. The molecule has 0 spiro atoms. The molecule has 0 saturated heterocycles. The number of H-pyrrole nitrogens is 1. The average molecular weight is 234 g/mol. The van der Waals surface area contributed by atoms with Gasteiger partial charge in [0, 0.05) is 11.6 Å². The minimum Gasteiger partial charge on any atom is -0.465 e. The number of methoxy groups -OCH3 is 2. The Balaban J connectivity index is 2.67. The number of aromatic nitrogens is 2. The molecule has 1 N–H and O–H groups in total. The molecule has 88 valence electrons. The van der Waals surface area contributed by atoms with Crippen LogP contribution >= 0.6 is 0 Å². The molecule has 6 nitrogen and oxygen atoms in total. The van der Waals surface area contributed by atoms with E-state index in [2.05, 4.69) is 19.4 Å². The van der Waals surface area contributed by atoms with Crippen LogP contribution in [-0.2, 0) is 9.47 Å². The van der Waals surface area contributed by atoms with Crippen molar-refractivity contribution in [2.75, 3.05) is 14.2 Å². The third-order valence-corrected chi connectivity index (χ3v) is 2.32. The van der Waals surface area contributed by atoms with Gasteiger partial charge < -0.3 is 14.5 Å². The fourth-order valence-corrected chi connectivity index (χ4v) is 1.50. The number of fused-ring (bicyclic) bond motifs is 1. The van der Waals surface area contributed by atoms with Crippen LogP contribution in [0.25, 0.3) is 11.0 Å². The second kappa shape index (κ2) is 4.25. The van der Waals surface area contributed by atoms with Gasteiger partial charge in [-0.2, -0.15) is 0 Å². The van der Waals surface area contributed by atoms with Gasteiger partial charge >= 0.3 is 11.9 Å². The zero-order chi connectivity index (χ0) is 12.4. The van der Waals surface area contributed by atoms with Crippen molar-refractivity contribution in [2.24, 2.45) is 0 Å². The van der Waals surface area contributed by atoms with Gasteiger partial charge in [0.25, 0.3) is 0 Å². The Kier molecular flexibility index (Phi) is 2.78. The Morgan fingerprint density at radius 3 is 2.59 bits per heavy atom. The molecule has 0 aliphatic rings. The summed E-state index contributed by atoms with van der Waals surface area (Å²) in [6.07, 6.45) is 1.67. The molecule has 0 amide bonds. The van der Waals surface area contributed by atoms with Gasteiger partial charge in [-0.15, -0.1) is 0 Å². The Labute approximate surface area is 96.6 Å². The number of rotatable bonds is 2. The number of ether oxygens (including phenoxy) is 2. The Morgan fingerprint density at radius 1 is 1.24 bits per heavy atom. The molecular weight excluding hydrogens is 224 g/mol. The summed E-state index contributed by atoms with van der Waals surface area (Å²) in [5.41, 5.74) is 0.541. The van der Waals surface area contributed by atoms with Crippen molar-refractivity contribution < 1.29 is 19.1 Å². The molecule has 0 aliphatic heterocycles. The van der Waals surface area contributed by atoms with Crippen molar-refractivity contribution in [1.82, 2.24) is 9.97 Å². The lowest BCUT2D eigenvalue weighted by atomic mass is 10.1. The van der Waals surface area contributed by atoms with Gasteiger partial charge in [-0.3, -0.25) is 0 Å². The smallest absolute Gasteiger partial charge is 0.357 e. The normalized spacial score (nSPS) is 10.2. The molecule has 2 heterocycles. The molecule has 0 aromatic carbocycles. The summed E-state index contributed by atoms with van der Waals surface area (Å²) in [5.74, 6) is -1.30. The predicted octanol–water partition coefficient (Wildman–Crippen LogP) is 1.14. The van der Waals surface area contributed by atoms with E-state index in [0.29, 0.717) is 5.65 Å². The fourth-order valence-electron chi connectivity index (χ4n) is 1.50. The molecule has 0 radical (unpaired) electrons. The third-order valence-electron chi connectivity index (χ3n) is 2.32. The number of pyridine rings is 1. The molecule has 6 heteroatoms. The fraction of sp³-hybridized carbons (Fsp3) is 0.182. The summed E-state index contributed by atoms with van der Waals surface area (Å²) in [6.45, 7) is 0. The van der Waals surface area contributed by atoms with E-state index in [1.54, 1.807) is 12.3 Å². The van der Waals surface area contributed by atoms with Crippen LogP contribution in [0.3, 0.4) is 0 Å². The first-order valence-electron chi connectivity index (χ1n) is 4.82. The number of hydrogen-bond acceptors (Lipinski definition) is 5. The number of carbonyl (C=O) groups is 2. The van der Waals surface area contributed by atoms with Crippen LogP contribution in [0.4, 0.5) is 0 Å². The van der Waals surface area contributed by atoms with Crippen molar-refractivity contribution in [3.63, 3.8) is 0 Å². The summed E-state index contributed by atoms with van der Waals surface area (Å²) in [6, 6.07) is 3.28. The molecule has 0 bridgehead atoms. The number of nitrogens with zero attached hydrogens (tertiary/aromatic N) is 1. The minimum atomic E-state index is -0.679. The monoisotopic (exact) mass is 234 g/mol. The largest absolute Gasteiger partial charge is 0.465 e. The second-order valence-electron chi connectivity index (χ2n) is 3.28. The van der Waals surface area contributed by atoms with E-state index in [0.717, 1.165) is 5.39 Å². The molecule has 17 heavy (non-hydrogen) atoms. The highest BCUT2D eigenvalue weighted by Gasteiger charge is 2.21. The molecule has 0 aliphatic carbocycles. The van der Waals surface area contributed by atoms with Crippen LogP contribution in [0.1, 0.15) is 20.8 Å². The van der Waals surface area contributed by atoms with Crippen LogP contribution in [0.5, 0.6) is 0 Å². The number of carbonyl (C=O) groups excluding carboxylic acids is 2. The van der Waals surface area contributed by atoms with Gasteiger partial charge in [0.2, 0.25) is 0 Å². The highest BCUT2D eigenvalue weighted by molar-refractivity contribution is 6.04. The van der Waals surface area contributed by atoms with Crippen LogP contribution in [0.15, 0.2) is 18.3 Å². The second-order valence-corrected chi connectivity index (χ2v) is 3.28. The number of hydrogen-bond donors (Lipinski definition) is 1. The lowest BCUT2D eigenvalue weighted by Crippen LogP contribution is -2.14. The lowest BCUT2D eigenvalue weighted by Gasteiger charge is -2.05. The van der Waals surface area contributed by atoms with Gasteiger partial charge in [0.1, 0.15) is 5.65 Å². The molecule has 0 saturated carbocycles. The van der Waals surface area contributed by atoms with Crippen molar-refractivity contribution in [3.05, 3.63) is 29.6 Å². The zero-order valence-electron chi connectivity index (χ0n) is 9.31. The molecule has 2 aromatic rings. The van der Waals surface area contributed by atoms with Gasteiger partial charge in [0.05, 0.1) is 19.8 Å². The molecule has 0 unspecified atom stereocenters. The Morgan fingerprint density at radius 2 is 1.94 bits per heavy atom. The lowest BCUT2D eigenvalue weighted by molar-refractivity contribution is 0.0550. The first-order chi connectivity index (χ1) is 8.17. The van der Waals surface area contributed by atoms with Crippen LogP contribution in [-0.4, -0.2) is 36.1 Å². The van der Waals surface area contributed by atoms with E-state index in [1.807, 2.05) is 0 Å². The van der Waals surface area contributed by atoms with Crippen LogP contribution < -0.4 is 0 Å². The molecule has 0 atom stereocenters. The highest BCUT2D eigenvalue weighted by atomic mass is 16.5. The average Bonchev–Trinajstić information content (AvgIpc) is 2.82. The van der Waals surface area contributed by atoms with Crippen LogP contribution in [0, 0.1) is 0 Å². The summed E-state index contributed by atoms with van der Waals surface area (Å²) < 4.78 is 9.17. The van der Waals surface area contributed by atoms with E-state index in [-0.39, 0.29) is 11.3 Å². The minimum absolute atomic E-state index is 0.0608. The topological polar surface area (TPSA) is 81.3 Å². The van der Waals surface area contributed by atoms with Gasteiger partial charge in [-0.1, -0.05) is 0 Å². The summed E-state index contributed by atoms with van der Waals surface area (Å²) >= 11 is 0. The Hall–Kier alpha value is -2.37. The van der Waals surface area contributed by atoms with E-state index in [1.165, 1.54) is 20.3 Å². The van der Waals surface area contributed by atoms with Crippen molar-refractivity contribution >= 4 is 23.0 Å². The van der Waals surface area contributed by atoms with E-state index in [4.69, 9.17) is 0 Å². The molecular formula is C11H10N2O4. The summed E-state index contributed by atoms with van der Waals surface area (Å²) in [5, 5.41) is 0.720. The standard InChI is InChI=1S/C11H10N2O4/c1-16-10(14)7-5-6-3-4-12-9(6)13-8(7)11(15)17-2/h3-5H,1-2H3,(H,12,13). The maximum atomic E-state index is 11.5. The molecule has 2 rings (SSSR count). The third kappa shape index (κ3) is 1.84. The molecule has 0 fully saturated rings.